The summed E-state index contributed by atoms with van der Waals surface area (Å²) in [6.45, 7) is 2.04. The number of hydrogen-bond donors (Lipinski definition) is 0. The lowest BCUT2D eigenvalue weighted by atomic mass is 9.85. The SMILES string of the molecule is CCOC(=O)[C@@H]1[C@H](c2ccc3c(c2)OCO3)[C@H]([N+](=O)[O-])[C@H](c2ccccc2)N1C. The summed E-state index contributed by atoms with van der Waals surface area (Å²) in [7, 11) is 1.74. The molecule has 1 fully saturated rings. The Balaban J connectivity index is 1.83. The smallest absolute Gasteiger partial charge is 0.324 e. The van der Waals surface area contributed by atoms with Crippen LogP contribution in [-0.4, -0.2) is 48.3 Å². The molecule has 0 radical (unpaired) electrons. The number of likely N-dealkylation sites (N-methyl/N-ethyl adjacent to an activating group) is 1. The number of fused-ring (bicyclic) bond motifs is 1. The Hall–Kier alpha value is -3.13. The topological polar surface area (TPSA) is 91.1 Å². The summed E-state index contributed by atoms with van der Waals surface area (Å²) in [5.41, 5.74) is 1.44. The maximum Gasteiger partial charge on any atom is 0.324 e. The van der Waals surface area contributed by atoms with Crippen molar-refractivity contribution in [1.29, 1.82) is 0 Å². The standard InChI is InChI=1S/C21H22N2O6/c1-3-27-21(24)20-17(14-9-10-15-16(11-14)29-12-28-15)19(23(25)26)18(22(20)2)13-7-5-4-6-8-13/h4-11,17-20H,3,12H2,1-2H3/t17-,18+,19+,20+/m1/s1. The Morgan fingerprint density at radius 3 is 2.59 bits per heavy atom. The number of carbonyl (C=O) groups is 1. The van der Waals surface area contributed by atoms with Gasteiger partial charge in [0, 0.05) is 4.92 Å². The minimum absolute atomic E-state index is 0.107. The molecular formula is C21H22N2O6. The number of nitro groups is 1. The second-order valence-corrected chi connectivity index (χ2v) is 7.13. The minimum Gasteiger partial charge on any atom is -0.465 e. The number of nitrogens with zero attached hydrogens (tertiary/aromatic N) is 2. The maximum atomic E-state index is 12.9. The lowest BCUT2D eigenvalue weighted by molar-refractivity contribution is -0.528. The first-order chi connectivity index (χ1) is 14.0. The third-order valence-electron chi connectivity index (χ3n) is 5.60. The maximum absolute atomic E-state index is 12.9. The van der Waals surface area contributed by atoms with Crippen molar-refractivity contribution in [2.75, 3.05) is 20.4 Å². The summed E-state index contributed by atoms with van der Waals surface area (Å²) in [5, 5.41) is 12.2. The van der Waals surface area contributed by atoms with Crippen LogP contribution in [0.25, 0.3) is 0 Å². The molecule has 0 saturated carbocycles. The Labute approximate surface area is 168 Å². The third-order valence-corrected chi connectivity index (χ3v) is 5.60. The van der Waals surface area contributed by atoms with Gasteiger partial charge in [0.2, 0.25) is 12.8 Å². The van der Waals surface area contributed by atoms with Gasteiger partial charge >= 0.3 is 5.97 Å². The van der Waals surface area contributed by atoms with Gasteiger partial charge in [0.25, 0.3) is 0 Å². The van der Waals surface area contributed by atoms with E-state index in [9.17, 15) is 14.9 Å². The normalized spacial score (nSPS) is 25.7. The van der Waals surface area contributed by atoms with Crippen molar-refractivity contribution in [2.24, 2.45) is 0 Å². The number of benzene rings is 2. The van der Waals surface area contributed by atoms with Gasteiger partial charge < -0.3 is 14.2 Å². The molecule has 0 aliphatic carbocycles. The highest BCUT2D eigenvalue weighted by Gasteiger charge is 2.58. The number of esters is 1. The van der Waals surface area contributed by atoms with Crippen LogP contribution in [0.15, 0.2) is 48.5 Å². The zero-order chi connectivity index (χ0) is 20.5. The molecule has 1 saturated heterocycles. The first kappa shape index (κ1) is 19.2. The molecule has 2 aromatic rings. The van der Waals surface area contributed by atoms with Gasteiger partial charge in [-0.2, -0.15) is 0 Å². The molecule has 0 amide bonds. The second-order valence-electron chi connectivity index (χ2n) is 7.13. The molecule has 0 spiro atoms. The number of rotatable bonds is 5. The fraction of sp³-hybridized carbons (Fsp3) is 0.381. The van der Waals surface area contributed by atoms with Crippen molar-refractivity contribution in [3.05, 3.63) is 69.8 Å². The number of likely N-dealkylation sites (tertiary alicyclic amines) is 1. The van der Waals surface area contributed by atoms with Crippen molar-refractivity contribution in [3.8, 4) is 11.5 Å². The van der Waals surface area contributed by atoms with Gasteiger partial charge in [0.05, 0.1) is 12.5 Å². The minimum atomic E-state index is -1.03. The largest absolute Gasteiger partial charge is 0.465 e. The predicted molar refractivity (Wildman–Crippen MR) is 103 cm³/mol. The highest BCUT2D eigenvalue weighted by atomic mass is 16.7. The Kier molecular flexibility index (Phi) is 5.10. The lowest BCUT2D eigenvalue weighted by Gasteiger charge is -2.24. The molecule has 0 aromatic heterocycles. The van der Waals surface area contributed by atoms with E-state index < -0.39 is 30.0 Å². The van der Waals surface area contributed by atoms with E-state index in [0.717, 1.165) is 5.56 Å². The fourth-order valence-electron chi connectivity index (χ4n) is 4.42. The van der Waals surface area contributed by atoms with Gasteiger partial charge in [-0.1, -0.05) is 36.4 Å². The molecule has 2 aliphatic heterocycles. The molecule has 0 bridgehead atoms. The van der Waals surface area contributed by atoms with E-state index in [4.69, 9.17) is 14.2 Å². The molecule has 0 unspecified atom stereocenters. The van der Waals surface area contributed by atoms with E-state index in [1.165, 1.54) is 0 Å². The summed E-state index contributed by atoms with van der Waals surface area (Å²) in [6, 6.07) is 12.1. The zero-order valence-electron chi connectivity index (χ0n) is 16.2. The number of carbonyl (C=O) groups excluding carboxylic acids is 1. The van der Waals surface area contributed by atoms with Gasteiger partial charge in [-0.25, -0.2) is 0 Å². The fourth-order valence-corrected chi connectivity index (χ4v) is 4.42. The van der Waals surface area contributed by atoms with Crippen LogP contribution in [0.3, 0.4) is 0 Å². The van der Waals surface area contributed by atoms with Gasteiger partial charge in [0.1, 0.15) is 12.1 Å². The summed E-state index contributed by atoms with van der Waals surface area (Å²) < 4.78 is 16.1. The lowest BCUT2D eigenvalue weighted by Crippen LogP contribution is -2.38. The average Bonchev–Trinajstić information content (AvgIpc) is 3.30. The first-order valence-corrected chi connectivity index (χ1v) is 9.49. The van der Waals surface area contributed by atoms with Crippen LogP contribution in [0, 0.1) is 10.1 Å². The molecule has 2 heterocycles. The molecule has 0 N–H and O–H groups in total. The van der Waals surface area contributed by atoms with E-state index in [0.29, 0.717) is 17.1 Å². The van der Waals surface area contributed by atoms with E-state index in [2.05, 4.69) is 0 Å². The Bertz CT molecular complexity index is 919. The van der Waals surface area contributed by atoms with Gasteiger partial charge in [-0.05, 0) is 37.2 Å². The molecule has 4 atom stereocenters. The summed E-state index contributed by atoms with van der Waals surface area (Å²) in [6.07, 6.45) is 0. The first-order valence-electron chi connectivity index (χ1n) is 9.49. The van der Waals surface area contributed by atoms with Crippen LogP contribution in [0.5, 0.6) is 11.5 Å². The molecule has 29 heavy (non-hydrogen) atoms. The summed E-state index contributed by atoms with van der Waals surface area (Å²) in [5.74, 6) is -0.0558. The van der Waals surface area contributed by atoms with Crippen molar-refractivity contribution < 1.29 is 23.9 Å². The highest BCUT2D eigenvalue weighted by molar-refractivity contribution is 5.78. The molecule has 8 heteroatoms. The van der Waals surface area contributed by atoms with Crippen molar-refractivity contribution in [2.45, 2.75) is 31.0 Å². The molecule has 2 aliphatic rings. The highest BCUT2D eigenvalue weighted by Crippen LogP contribution is 2.48. The molecule has 4 rings (SSSR count). The van der Waals surface area contributed by atoms with Crippen molar-refractivity contribution in [1.82, 2.24) is 4.90 Å². The van der Waals surface area contributed by atoms with Crippen LogP contribution < -0.4 is 9.47 Å². The zero-order valence-corrected chi connectivity index (χ0v) is 16.2. The number of hydrogen-bond acceptors (Lipinski definition) is 7. The van der Waals surface area contributed by atoms with E-state index in [1.54, 1.807) is 37.1 Å². The van der Waals surface area contributed by atoms with Gasteiger partial charge in [-0.15, -0.1) is 0 Å². The quantitative estimate of drug-likeness (QED) is 0.434. The van der Waals surface area contributed by atoms with Crippen LogP contribution in [0.4, 0.5) is 0 Å². The Morgan fingerprint density at radius 1 is 1.17 bits per heavy atom. The third kappa shape index (κ3) is 3.29. The van der Waals surface area contributed by atoms with E-state index >= 15 is 0 Å². The van der Waals surface area contributed by atoms with E-state index in [1.807, 2.05) is 30.3 Å². The van der Waals surface area contributed by atoms with Crippen LogP contribution in [0.1, 0.15) is 30.0 Å². The molecule has 2 aromatic carbocycles. The van der Waals surface area contributed by atoms with Crippen LogP contribution >= 0.6 is 0 Å². The molecular weight excluding hydrogens is 376 g/mol. The van der Waals surface area contributed by atoms with Crippen LogP contribution in [-0.2, 0) is 9.53 Å². The van der Waals surface area contributed by atoms with Gasteiger partial charge in [0.15, 0.2) is 11.5 Å². The Morgan fingerprint density at radius 2 is 1.90 bits per heavy atom. The van der Waals surface area contributed by atoms with Crippen molar-refractivity contribution in [3.63, 3.8) is 0 Å². The second kappa shape index (κ2) is 7.71. The van der Waals surface area contributed by atoms with Crippen LogP contribution in [0.2, 0.25) is 0 Å². The van der Waals surface area contributed by atoms with Crippen molar-refractivity contribution >= 4 is 5.97 Å². The van der Waals surface area contributed by atoms with E-state index in [-0.39, 0.29) is 18.3 Å². The monoisotopic (exact) mass is 398 g/mol. The number of ether oxygens (including phenoxy) is 3. The predicted octanol–water partition coefficient (Wildman–Crippen LogP) is 2.76. The average molecular weight is 398 g/mol. The summed E-state index contributed by atoms with van der Waals surface area (Å²) in [4.78, 5) is 26.6. The summed E-state index contributed by atoms with van der Waals surface area (Å²) >= 11 is 0. The molecule has 8 nitrogen and oxygen atoms in total. The van der Waals surface area contributed by atoms with Gasteiger partial charge in [-0.3, -0.25) is 19.8 Å². The molecule has 152 valence electrons.